The number of halogens is 3. The topological polar surface area (TPSA) is 0 Å². The Balaban J connectivity index is -0.000000810. The monoisotopic (exact) mass is 378 g/mol. The SMILES string of the molecule is Cc1cc(C)c(C(C)(C)C2=[C-]C=CC2)cc1C.[Cl-].[Cl-].[Cl-].[Ti+4]. The molecule has 1 aromatic carbocycles. The van der Waals surface area contributed by atoms with Crippen molar-refractivity contribution >= 4 is 0 Å². The average Bonchev–Trinajstić information content (AvgIpc) is 2.77. The minimum absolute atomic E-state index is 0. The second-order valence-electron chi connectivity index (χ2n) is 5.61. The van der Waals surface area contributed by atoms with Gasteiger partial charge in [0.05, 0.1) is 0 Å². The van der Waals surface area contributed by atoms with Crippen molar-refractivity contribution in [2.75, 3.05) is 0 Å². The van der Waals surface area contributed by atoms with Gasteiger partial charge in [-0.3, -0.25) is 6.08 Å². The van der Waals surface area contributed by atoms with E-state index >= 15 is 0 Å². The summed E-state index contributed by atoms with van der Waals surface area (Å²) in [4.78, 5) is 0. The Morgan fingerprint density at radius 3 is 1.90 bits per heavy atom. The van der Waals surface area contributed by atoms with Gasteiger partial charge in [0.25, 0.3) is 0 Å². The Hall–Kier alpha value is 0.284. The number of rotatable bonds is 2. The first-order valence-corrected chi connectivity index (χ1v) is 6.29. The molecular weight excluding hydrogens is 358 g/mol. The van der Waals surface area contributed by atoms with E-state index in [2.05, 4.69) is 58.9 Å². The first kappa shape index (κ1) is 26.2. The van der Waals surface area contributed by atoms with Crippen LogP contribution in [-0.2, 0) is 27.1 Å². The summed E-state index contributed by atoms with van der Waals surface area (Å²) in [7, 11) is 0. The smallest absolute Gasteiger partial charge is 1.00 e. The molecular formula is C17H21Cl3Ti. The van der Waals surface area contributed by atoms with Crippen LogP contribution in [0.15, 0.2) is 29.9 Å². The molecule has 0 aromatic heterocycles. The maximum Gasteiger partial charge on any atom is 4.00 e. The van der Waals surface area contributed by atoms with Crippen molar-refractivity contribution in [2.45, 2.75) is 46.5 Å². The summed E-state index contributed by atoms with van der Waals surface area (Å²) < 4.78 is 0. The summed E-state index contributed by atoms with van der Waals surface area (Å²) in [6.45, 7) is 11.2. The van der Waals surface area contributed by atoms with E-state index in [9.17, 15) is 0 Å². The molecule has 0 atom stereocenters. The molecule has 0 fully saturated rings. The van der Waals surface area contributed by atoms with Gasteiger partial charge in [0.2, 0.25) is 0 Å². The van der Waals surface area contributed by atoms with Gasteiger partial charge >= 0.3 is 21.7 Å². The zero-order chi connectivity index (χ0) is 12.6. The molecule has 114 valence electrons. The molecule has 4 heteroatoms. The summed E-state index contributed by atoms with van der Waals surface area (Å²) in [6.07, 6.45) is 8.67. The van der Waals surface area contributed by atoms with Crippen LogP contribution in [0.1, 0.15) is 42.5 Å². The first-order chi connectivity index (χ1) is 7.93. The van der Waals surface area contributed by atoms with E-state index in [1.165, 1.54) is 27.8 Å². The van der Waals surface area contributed by atoms with Gasteiger partial charge in [0, 0.05) is 0 Å². The van der Waals surface area contributed by atoms with Crippen LogP contribution in [0.4, 0.5) is 0 Å². The second-order valence-corrected chi connectivity index (χ2v) is 5.61. The van der Waals surface area contributed by atoms with E-state index in [1.54, 1.807) is 0 Å². The minimum Gasteiger partial charge on any atom is -1.00 e. The van der Waals surface area contributed by atoms with Crippen molar-refractivity contribution in [3.8, 4) is 0 Å². The van der Waals surface area contributed by atoms with Crippen molar-refractivity contribution < 1.29 is 58.9 Å². The number of hydrogen-bond acceptors (Lipinski definition) is 0. The van der Waals surface area contributed by atoms with E-state index in [1.807, 2.05) is 6.08 Å². The van der Waals surface area contributed by atoms with Crippen LogP contribution in [-0.4, -0.2) is 0 Å². The molecule has 1 aliphatic rings. The van der Waals surface area contributed by atoms with E-state index < -0.39 is 0 Å². The molecule has 0 nitrogen and oxygen atoms in total. The Bertz CT molecular complexity index is 517. The third-order valence-electron chi connectivity index (χ3n) is 3.97. The van der Waals surface area contributed by atoms with Crippen LogP contribution < -0.4 is 37.2 Å². The predicted octanol–water partition coefficient (Wildman–Crippen LogP) is -4.41. The van der Waals surface area contributed by atoms with E-state index in [0.717, 1.165) is 6.42 Å². The van der Waals surface area contributed by atoms with Crippen molar-refractivity contribution in [3.05, 3.63) is 58.2 Å². The molecule has 21 heavy (non-hydrogen) atoms. The van der Waals surface area contributed by atoms with Crippen molar-refractivity contribution in [3.63, 3.8) is 0 Å². The van der Waals surface area contributed by atoms with Gasteiger partial charge in [-0.05, 0) is 48.4 Å². The largest absolute Gasteiger partial charge is 4.00 e. The first-order valence-electron chi connectivity index (χ1n) is 6.29. The summed E-state index contributed by atoms with van der Waals surface area (Å²) in [5.41, 5.74) is 7.07. The normalized spacial score (nSPS) is 12.3. The summed E-state index contributed by atoms with van der Waals surface area (Å²) in [5.74, 6) is 0. The van der Waals surface area contributed by atoms with E-state index in [0.29, 0.717) is 0 Å². The van der Waals surface area contributed by atoms with Gasteiger partial charge in [0.1, 0.15) is 0 Å². The fraction of sp³-hybridized carbons (Fsp3) is 0.412. The molecule has 0 amide bonds. The molecule has 0 N–H and O–H groups in total. The summed E-state index contributed by atoms with van der Waals surface area (Å²) in [5, 5.41) is 0. The molecule has 1 aliphatic carbocycles. The van der Waals surface area contributed by atoms with Crippen LogP contribution in [0.3, 0.4) is 0 Å². The molecule has 0 bridgehead atoms. The number of aryl methyl sites for hydroxylation is 3. The molecule has 0 radical (unpaired) electrons. The third-order valence-corrected chi connectivity index (χ3v) is 3.97. The molecule has 0 aliphatic heterocycles. The molecule has 0 unspecified atom stereocenters. The molecule has 2 rings (SSSR count). The van der Waals surface area contributed by atoms with E-state index in [4.69, 9.17) is 0 Å². The maximum absolute atomic E-state index is 3.39. The third kappa shape index (κ3) is 5.45. The van der Waals surface area contributed by atoms with Crippen molar-refractivity contribution in [2.24, 2.45) is 0 Å². The Morgan fingerprint density at radius 2 is 1.43 bits per heavy atom. The molecule has 0 heterocycles. The minimum atomic E-state index is 0. The predicted molar refractivity (Wildman–Crippen MR) is 74.2 cm³/mol. The standard InChI is InChI=1S/C17H21.3ClH.Ti/c1-12-10-14(3)16(11-13(12)2)17(4,5)15-8-6-7-9-15;;;;/h6-7,10-11H,8H2,1-5H3;3*1H;/q-1;;;;+4/p-3. The Labute approximate surface area is 163 Å². The zero-order valence-corrected chi connectivity index (χ0v) is 17.0. The van der Waals surface area contributed by atoms with Gasteiger partial charge in [-0.1, -0.05) is 32.4 Å². The van der Waals surface area contributed by atoms with Crippen LogP contribution in [0, 0.1) is 26.8 Å². The van der Waals surface area contributed by atoms with Crippen LogP contribution >= 0.6 is 0 Å². The zero-order valence-electron chi connectivity index (χ0n) is 13.2. The van der Waals surface area contributed by atoms with Crippen molar-refractivity contribution in [1.29, 1.82) is 0 Å². The number of benzene rings is 1. The van der Waals surface area contributed by atoms with E-state index in [-0.39, 0.29) is 64.4 Å². The Morgan fingerprint density at radius 1 is 0.905 bits per heavy atom. The maximum atomic E-state index is 3.39. The van der Waals surface area contributed by atoms with Crippen LogP contribution in [0.25, 0.3) is 0 Å². The fourth-order valence-corrected chi connectivity index (χ4v) is 2.63. The van der Waals surface area contributed by atoms with Crippen LogP contribution in [0.2, 0.25) is 0 Å². The Kier molecular flexibility index (Phi) is 12.6. The van der Waals surface area contributed by atoms with Crippen molar-refractivity contribution in [1.82, 2.24) is 0 Å². The summed E-state index contributed by atoms with van der Waals surface area (Å²) in [6, 6.07) is 4.65. The average molecular weight is 380 g/mol. The molecule has 1 aromatic rings. The number of allylic oxidation sites excluding steroid dienone is 4. The van der Waals surface area contributed by atoms with Gasteiger partial charge in [0.15, 0.2) is 0 Å². The van der Waals surface area contributed by atoms with Gasteiger partial charge in [-0.15, -0.1) is 0 Å². The molecule has 0 saturated carbocycles. The second kappa shape index (κ2) is 10.1. The van der Waals surface area contributed by atoms with Gasteiger partial charge in [-0.2, -0.15) is 5.57 Å². The molecule has 0 spiro atoms. The fourth-order valence-electron chi connectivity index (χ4n) is 2.63. The summed E-state index contributed by atoms with van der Waals surface area (Å²) >= 11 is 0. The number of hydrogen-bond donors (Lipinski definition) is 0. The van der Waals surface area contributed by atoms with Gasteiger partial charge < -0.3 is 37.2 Å². The quantitative estimate of drug-likeness (QED) is 0.360. The molecule has 0 saturated heterocycles. The van der Waals surface area contributed by atoms with Crippen LogP contribution in [0.5, 0.6) is 0 Å². The van der Waals surface area contributed by atoms with Gasteiger partial charge in [-0.25, -0.2) is 12.2 Å².